The first-order valence-electron chi connectivity index (χ1n) is 8.10. The zero-order chi connectivity index (χ0) is 16.4. The van der Waals surface area contributed by atoms with Crippen LogP contribution in [0.1, 0.15) is 17.4 Å². The number of hydrogen-bond acceptors (Lipinski definition) is 5. The van der Waals surface area contributed by atoms with Crippen molar-refractivity contribution in [1.82, 2.24) is 9.88 Å². The van der Waals surface area contributed by atoms with Gasteiger partial charge in [0.15, 0.2) is 0 Å². The van der Waals surface area contributed by atoms with E-state index in [9.17, 15) is 0 Å². The Kier molecular flexibility index (Phi) is 4.47. The Balaban J connectivity index is 1.53. The molecule has 124 valence electrons. The van der Waals surface area contributed by atoms with E-state index in [1.165, 1.54) is 16.3 Å². The Morgan fingerprint density at radius 1 is 1.25 bits per heavy atom. The minimum atomic E-state index is 0.115. The van der Waals surface area contributed by atoms with Gasteiger partial charge in [-0.25, -0.2) is 4.98 Å². The summed E-state index contributed by atoms with van der Waals surface area (Å²) in [5.41, 5.74) is 4.27. The molecule has 2 heterocycles. The SMILES string of the molecule is COc1ccc2cc(C3CN(Cc4cscn4)CCO3)ccc2c1. The van der Waals surface area contributed by atoms with Crippen molar-refractivity contribution >= 4 is 22.1 Å². The van der Waals surface area contributed by atoms with E-state index in [2.05, 4.69) is 45.6 Å². The normalized spacial score (nSPS) is 18.8. The summed E-state index contributed by atoms with van der Waals surface area (Å²) in [5, 5.41) is 4.52. The fraction of sp³-hybridized carbons (Fsp3) is 0.316. The van der Waals surface area contributed by atoms with Crippen molar-refractivity contribution in [2.24, 2.45) is 0 Å². The molecule has 1 aliphatic rings. The van der Waals surface area contributed by atoms with Gasteiger partial charge >= 0.3 is 0 Å². The van der Waals surface area contributed by atoms with E-state index < -0.39 is 0 Å². The molecule has 1 fully saturated rings. The lowest BCUT2D eigenvalue weighted by Gasteiger charge is -2.32. The summed E-state index contributed by atoms with van der Waals surface area (Å²) in [6.45, 7) is 3.52. The molecule has 0 bridgehead atoms. The van der Waals surface area contributed by atoms with Gasteiger partial charge in [0.05, 0.1) is 31.0 Å². The fourth-order valence-corrected chi connectivity index (χ4v) is 3.71. The van der Waals surface area contributed by atoms with Gasteiger partial charge in [-0.05, 0) is 34.5 Å². The summed E-state index contributed by atoms with van der Waals surface area (Å²) in [6, 6.07) is 12.7. The number of hydrogen-bond donors (Lipinski definition) is 0. The van der Waals surface area contributed by atoms with Gasteiger partial charge in [0.1, 0.15) is 5.75 Å². The highest BCUT2D eigenvalue weighted by atomic mass is 32.1. The molecule has 1 saturated heterocycles. The number of benzene rings is 2. The summed E-state index contributed by atoms with van der Waals surface area (Å²) >= 11 is 1.65. The topological polar surface area (TPSA) is 34.6 Å². The molecule has 1 aliphatic heterocycles. The first-order chi connectivity index (χ1) is 11.8. The minimum Gasteiger partial charge on any atom is -0.497 e. The van der Waals surface area contributed by atoms with Crippen molar-refractivity contribution in [1.29, 1.82) is 0 Å². The molecule has 0 saturated carbocycles. The van der Waals surface area contributed by atoms with E-state index in [4.69, 9.17) is 9.47 Å². The summed E-state index contributed by atoms with van der Waals surface area (Å²) in [5.74, 6) is 0.888. The molecule has 0 N–H and O–H groups in total. The zero-order valence-electron chi connectivity index (χ0n) is 13.6. The summed E-state index contributed by atoms with van der Waals surface area (Å²) in [6.07, 6.45) is 0.115. The second-order valence-electron chi connectivity index (χ2n) is 6.05. The Bertz CT molecular complexity index is 819. The zero-order valence-corrected chi connectivity index (χ0v) is 14.5. The lowest BCUT2D eigenvalue weighted by molar-refractivity contribution is -0.0331. The molecular formula is C19H20N2O2S. The van der Waals surface area contributed by atoms with Crippen LogP contribution in [-0.4, -0.2) is 36.7 Å². The lowest BCUT2D eigenvalue weighted by atomic mass is 10.0. The second kappa shape index (κ2) is 6.89. The van der Waals surface area contributed by atoms with Crippen LogP contribution in [0.4, 0.5) is 0 Å². The Morgan fingerprint density at radius 2 is 2.12 bits per heavy atom. The van der Waals surface area contributed by atoms with E-state index in [0.29, 0.717) is 0 Å². The number of fused-ring (bicyclic) bond motifs is 1. The highest BCUT2D eigenvalue weighted by Crippen LogP contribution is 2.28. The van der Waals surface area contributed by atoms with Crippen LogP contribution in [-0.2, 0) is 11.3 Å². The maximum Gasteiger partial charge on any atom is 0.119 e. The van der Waals surface area contributed by atoms with Gasteiger partial charge in [-0.3, -0.25) is 4.90 Å². The number of nitrogens with zero attached hydrogens (tertiary/aromatic N) is 2. The van der Waals surface area contributed by atoms with Crippen LogP contribution in [0.3, 0.4) is 0 Å². The number of ether oxygens (including phenoxy) is 2. The highest BCUT2D eigenvalue weighted by Gasteiger charge is 2.22. The van der Waals surface area contributed by atoms with Gasteiger partial charge in [0.25, 0.3) is 0 Å². The van der Waals surface area contributed by atoms with Crippen LogP contribution in [0, 0.1) is 0 Å². The van der Waals surface area contributed by atoms with Crippen LogP contribution < -0.4 is 4.74 Å². The maximum absolute atomic E-state index is 6.02. The summed E-state index contributed by atoms with van der Waals surface area (Å²) < 4.78 is 11.3. The molecule has 3 aromatic rings. The second-order valence-corrected chi connectivity index (χ2v) is 6.77. The molecule has 1 aromatic heterocycles. The smallest absolute Gasteiger partial charge is 0.119 e. The average Bonchev–Trinajstić information content (AvgIpc) is 3.14. The van der Waals surface area contributed by atoms with Crippen LogP contribution >= 0.6 is 11.3 Å². The van der Waals surface area contributed by atoms with E-state index in [1.54, 1.807) is 18.4 Å². The van der Waals surface area contributed by atoms with Gasteiger partial charge in [-0.2, -0.15) is 0 Å². The van der Waals surface area contributed by atoms with Crippen LogP contribution in [0.2, 0.25) is 0 Å². The van der Waals surface area contributed by atoms with Crippen LogP contribution in [0.25, 0.3) is 10.8 Å². The molecule has 0 aliphatic carbocycles. The van der Waals surface area contributed by atoms with Gasteiger partial charge in [-0.1, -0.05) is 18.2 Å². The highest BCUT2D eigenvalue weighted by molar-refractivity contribution is 7.07. The van der Waals surface area contributed by atoms with Crippen molar-refractivity contribution in [3.63, 3.8) is 0 Å². The first-order valence-corrected chi connectivity index (χ1v) is 9.05. The monoisotopic (exact) mass is 340 g/mol. The van der Waals surface area contributed by atoms with Gasteiger partial charge in [-0.15, -0.1) is 11.3 Å². The first kappa shape index (κ1) is 15.6. The standard InChI is InChI=1S/C19H20N2O2S/c1-22-18-5-4-14-8-16(3-2-15(14)9-18)19-11-21(6-7-23-19)10-17-12-24-13-20-17/h2-5,8-9,12-13,19H,6-7,10-11H2,1H3. The predicted molar refractivity (Wildman–Crippen MR) is 96.6 cm³/mol. The van der Waals surface area contributed by atoms with E-state index >= 15 is 0 Å². The number of rotatable bonds is 4. The van der Waals surface area contributed by atoms with Gasteiger partial charge < -0.3 is 9.47 Å². The number of thiazole rings is 1. The third kappa shape index (κ3) is 3.29. The molecule has 1 unspecified atom stereocenters. The van der Waals surface area contributed by atoms with E-state index in [-0.39, 0.29) is 6.10 Å². The van der Waals surface area contributed by atoms with Gasteiger partial charge in [0.2, 0.25) is 0 Å². The van der Waals surface area contributed by atoms with Crippen LogP contribution in [0.5, 0.6) is 5.75 Å². The van der Waals surface area contributed by atoms with Gasteiger partial charge in [0, 0.05) is 25.0 Å². The molecule has 0 amide bonds. The summed E-state index contributed by atoms with van der Waals surface area (Å²) in [7, 11) is 1.70. The third-order valence-corrected chi connectivity index (χ3v) is 5.10. The van der Waals surface area contributed by atoms with Crippen molar-refractivity contribution < 1.29 is 9.47 Å². The Hall–Kier alpha value is -1.95. The fourth-order valence-electron chi connectivity index (χ4n) is 3.16. The third-order valence-electron chi connectivity index (χ3n) is 4.46. The Morgan fingerprint density at radius 3 is 2.96 bits per heavy atom. The van der Waals surface area contributed by atoms with E-state index in [1.807, 2.05) is 11.6 Å². The molecule has 4 nitrogen and oxygen atoms in total. The largest absolute Gasteiger partial charge is 0.497 e. The molecule has 24 heavy (non-hydrogen) atoms. The van der Waals surface area contributed by atoms with Crippen molar-refractivity contribution in [3.05, 3.63) is 58.5 Å². The molecule has 0 spiro atoms. The van der Waals surface area contributed by atoms with Crippen molar-refractivity contribution in [2.45, 2.75) is 12.6 Å². The number of methoxy groups -OCH3 is 1. The number of aromatic nitrogens is 1. The molecule has 5 heteroatoms. The molecule has 4 rings (SSSR count). The lowest BCUT2D eigenvalue weighted by Crippen LogP contribution is -2.37. The molecule has 1 atom stereocenters. The molecule has 0 radical (unpaired) electrons. The van der Waals surface area contributed by atoms with Crippen molar-refractivity contribution in [2.75, 3.05) is 26.8 Å². The van der Waals surface area contributed by atoms with Crippen LogP contribution in [0.15, 0.2) is 47.3 Å². The number of morpholine rings is 1. The summed E-state index contributed by atoms with van der Waals surface area (Å²) in [4.78, 5) is 6.81. The molecule has 2 aromatic carbocycles. The average molecular weight is 340 g/mol. The molecular weight excluding hydrogens is 320 g/mol. The minimum absolute atomic E-state index is 0.115. The van der Waals surface area contributed by atoms with Crippen molar-refractivity contribution in [3.8, 4) is 5.75 Å². The quantitative estimate of drug-likeness (QED) is 0.722. The van der Waals surface area contributed by atoms with E-state index in [0.717, 1.165) is 37.7 Å². The maximum atomic E-state index is 6.02. The Labute approximate surface area is 145 Å². The predicted octanol–water partition coefficient (Wildman–Crippen LogP) is 3.88.